The maximum atomic E-state index is 11.6. The van der Waals surface area contributed by atoms with Crippen LogP contribution in [-0.2, 0) is 4.79 Å². The van der Waals surface area contributed by atoms with Crippen LogP contribution in [0.4, 0.5) is 4.79 Å². The van der Waals surface area contributed by atoms with Gasteiger partial charge < -0.3 is 10.4 Å². The summed E-state index contributed by atoms with van der Waals surface area (Å²) in [4.78, 5) is 24.9. The number of hydrogen-bond acceptors (Lipinski definition) is 4. The van der Waals surface area contributed by atoms with Crippen molar-refractivity contribution in [3.05, 3.63) is 0 Å². The molecule has 1 saturated heterocycles. The smallest absolute Gasteiger partial charge is 0.321 e. The van der Waals surface area contributed by atoms with Gasteiger partial charge in [-0.15, -0.1) is 0 Å². The van der Waals surface area contributed by atoms with Crippen LogP contribution in [0, 0.1) is 5.92 Å². The van der Waals surface area contributed by atoms with Crippen LogP contribution in [0.2, 0.25) is 0 Å². The number of amides is 3. The zero-order chi connectivity index (χ0) is 14.5. The average molecular weight is 271 g/mol. The summed E-state index contributed by atoms with van der Waals surface area (Å²) in [6.45, 7) is 7.76. The summed E-state index contributed by atoms with van der Waals surface area (Å²) in [7, 11) is 0. The lowest BCUT2D eigenvalue weighted by Gasteiger charge is -2.18. The standard InChI is InChI=1S/C13H25N3O3/c1-10(2)4-6-14-12(18)15-11(17)8-16-7-5-13(3,19)9-16/h10,19H,4-9H2,1-3H3,(H2,14,15,17,18). The van der Waals surface area contributed by atoms with Crippen molar-refractivity contribution in [3.8, 4) is 0 Å². The van der Waals surface area contributed by atoms with E-state index in [1.54, 1.807) is 6.92 Å². The third kappa shape index (κ3) is 6.54. The number of aliphatic hydroxyl groups is 1. The van der Waals surface area contributed by atoms with Crippen molar-refractivity contribution in [1.29, 1.82) is 0 Å². The predicted molar refractivity (Wildman–Crippen MR) is 72.7 cm³/mol. The van der Waals surface area contributed by atoms with E-state index in [-0.39, 0.29) is 12.5 Å². The molecular weight excluding hydrogens is 246 g/mol. The molecule has 6 nitrogen and oxygen atoms in total. The molecule has 0 spiro atoms. The average Bonchev–Trinajstić information content (AvgIpc) is 2.56. The molecule has 1 heterocycles. The first-order valence-electron chi connectivity index (χ1n) is 6.81. The van der Waals surface area contributed by atoms with Crippen molar-refractivity contribution in [2.24, 2.45) is 5.92 Å². The van der Waals surface area contributed by atoms with Crippen molar-refractivity contribution in [3.63, 3.8) is 0 Å². The molecule has 0 aliphatic carbocycles. The highest BCUT2D eigenvalue weighted by atomic mass is 16.3. The van der Waals surface area contributed by atoms with Crippen LogP contribution in [0.5, 0.6) is 0 Å². The zero-order valence-corrected chi connectivity index (χ0v) is 12.0. The van der Waals surface area contributed by atoms with Crippen molar-refractivity contribution >= 4 is 11.9 Å². The van der Waals surface area contributed by atoms with Crippen LogP contribution in [0.15, 0.2) is 0 Å². The molecule has 0 bridgehead atoms. The lowest BCUT2D eigenvalue weighted by Crippen LogP contribution is -2.45. The van der Waals surface area contributed by atoms with E-state index in [0.29, 0.717) is 32.0 Å². The molecule has 19 heavy (non-hydrogen) atoms. The van der Waals surface area contributed by atoms with Gasteiger partial charge in [0.05, 0.1) is 12.1 Å². The minimum absolute atomic E-state index is 0.147. The molecule has 0 radical (unpaired) electrons. The molecule has 1 aliphatic rings. The van der Waals surface area contributed by atoms with E-state index in [1.165, 1.54) is 0 Å². The molecule has 0 aromatic rings. The summed E-state index contributed by atoms with van der Waals surface area (Å²) in [5.41, 5.74) is -0.722. The Morgan fingerprint density at radius 2 is 2.11 bits per heavy atom. The fourth-order valence-corrected chi connectivity index (χ4v) is 2.06. The summed E-state index contributed by atoms with van der Waals surface area (Å²) in [5, 5.41) is 14.7. The van der Waals surface area contributed by atoms with Crippen LogP contribution in [0.1, 0.15) is 33.6 Å². The number of nitrogens with one attached hydrogen (secondary N) is 2. The second kappa shape index (κ2) is 6.86. The maximum Gasteiger partial charge on any atom is 0.321 e. The number of carbonyl (C=O) groups is 2. The molecule has 1 fully saturated rings. The number of imide groups is 1. The second-order valence-corrected chi connectivity index (χ2v) is 5.94. The number of β-amino-alcohol motifs (C(OH)–C–C–N with tert-alkyl or cyclic N) is 1. The maximum absolute atomic E-state index is 11.6. The Kier molecular flexibility index (Phi) is 5.75. The van der Waals surface area contributed by atoms with Gasteiger partial charge in [-0.1, -0.05) is 13.8 Å². The summed E-state index contributed by atoms with van der Waals surface area (Å²) in [6, 6.07) is -0.448. The number of carbonyl (C=O) groups excluding carboxylic acids is 2. The van der Waals surface area contributed by atoms with Gasteiger partial charge in [0.15, 0.2) is 0 Å². The van der Waals surface area contributed by atoms with E-state index in [2.05, 4.69) is 24.5 Å². The van der Waals surface area contributed by atoms with E-state index in [4.69, 9.17) is 0 Å². The fraction of sp³-hybridized carbons (Fsp3) is 0.846. The Labute approximate surface area is 114 Å². The third-order valence-electron chi connectivity index (χ3n) is 3.16. The van der Waals surface area contributed by atoms with Crippen LogP contribution in [0.3, 0.4) is 0 Å². The first kappa shape index (κ1) is 15.9. The van der Waals surface area contributed by atoms with E-state index in [0.717, 1.165) is 6.42 Å². The van der Waals surface area contributed by atoms with Gasteiger partial charge in [-0.05, 0) is 25.7 Å². The number of likely N-dealkylation sites (tertiary alicyclic amines) is 1. The fourth-order valence-electron chi connectivity index (χ4n) is 2.06. The quantitative estimate of drug-likeness (QED) is 0.672. The first-order valence-corrected chi connectivity index (χ1v) is 6.81. The summed E-state index contributed by atoms with van der Waals surface area (Å²) in [5.74, 6) is 0.183. The van der Waals surface area contributed by atoms with E-state index in [9.17, 15) is 14.7 Å². The molecule has 1 atom stereocenters. The molecule has 3 N–H and O–H groups in total. The molecule has 0 aromatic heterocycles. The second-order valence-electron chi connectivity index (χ2n) is 5.94. The van der Waals surface area contributed by atoms with E-state index in [1.807, 2.05) is 4.90 Å². The normalized spacial score (nSPS) is 23.6. The minimum Gasteiger partial charge on any atom is -0.389 e. The van der Waals surface area contributed by atoms with Crippen LogP contribution >= 0.6 is 0 Å². The van der Waals surface area contributed by atoms with Gasteiger partial charge in [0.25, 0.3) is 0 Å². The van der Waals surface area contributed by atoms with Crippen molar-refractivity contribution < 1.29 is 14.7 Å². The van der Waals surface area contributed by atoms with Crippen LogP contribution < -0.4 is 10.6 Å². The van der Waals surface area contributed by atoms with Gasteiger partial charge in [-0.3, -0.25) is 15.0 Å². The molecule has 3 amide bonds. The van der Waals surface area contributed by atoms with Crippen molar-refractivity contribution in [2.45, 2.75) is 39.2 Å². The molecule has 0 aromatic carbocycles. The third-order valence-corrected chi connectivity index (χ3v) is 3.16. The van der Waals surface area contributed by atoms with Gasteiger partial charge >= 0.3 is 6.03 Å². The number of hydrogen-bond donors (Lipinski definition) is 3. The zero-order valence-electron chi connectivity index (χ0n) is 12.0. The topological polar surface area (TPSA) is 81.7 Å². The first-order chi connectivity index (χ1) is 8.78. The summed E-state index contributed by atoms with van der Waals surface area (Å²) >= 11 is 0. The van der Waals surface area contributed by atoms with Gasteiger partial charge in [0.1, 0.15) is 0 Å². The van der Waals surface area contributed by atoms with Crippen LogP contribution in [-0.4, -0.2) is 53.7 Å². The molecule has 110 valence electrons. The Hall–Kier alpha value is -1.14. The number of urea groups is 1. The van der Waals surface area contributed by atoms with E-state index < -0.39 is 11.6 Å². The minimum atomic E-state index is -0.722. The Bertz CT molecular complexity index is 329. The molecule has 1 unspecified atom stereocenters. The van der Waals surface area contributed by atoms with Gasteiger partial charge in [-0.25, -0.2) is 4.79 Å². The Morgan fingerprint density at radius 1 is 1.42 bits per heavy atom. The lowest BCUT2D eigenvalue weighted by atomic mass is 10.1. The summed E-state index contributed by atoms with van der Waals surface area (Å²) in [6.07, 6.45) is 1.54. The largest absolute Gasteiger partial charge is 0.389 e. The van der Waals surface area contributed by atoms with Crippen LogP contribution in [0.25, 0.3) is 0 Å². The lowest BCUT2D eigenvalue weighted by molar-refractivity contribution is -0.121. The highest BCUT2D eigenvalue weighted by molar-refractivity contribution is 5.95. The van der Waals surface area contributed by atoms with Crippen molar-refractivity contribution in [2.75, 3.05) is 26.2 Å². The molecule has 1 aliphatic heterocycles. The molecule has 0 saturated carbocycles. The predicted octanol–water partition coefficient (Wildman–Crippen LogP) is 0.315. The Morgan fingerprint density at radius 3 is 2.63 bits per heavy atom. The monoisotopic (exact) mass is 271 g/mol. The highest BCUT2D eigenvalue weighted by Gasteiger charge is 2.32. The van der Waals surface area contributed by atoms with E-state index >= 15 is 0 Å². The number of nitrogens with zero attached hydrogens (tertiary/aromatic N) is 1. The van der Waals surface area contributed by atoms with Gasteiger partial charge in [0.2, 0.25) is 5.91 Å². The number of rotatable bonds is 5. The molecule has 1 rings (SSSR count). The molecular formula is C13H25N3O3. The van der Waals surface area contributed by atoms with Crippen molar-refractivity contribution in [1.82, 2.24) is 15.5 Å². The highest BCUT2D eigenvalue weighted by Crippen LogP contribution is 2.19. The summed E-state index contributed by atoms with van der Waals surface area (Å²) < 4.78 is 0. The SMILES string of the molecule is CC(C)CCNC(=O)NC(=O)CN1CCC(C)(O)C1. The van der Waals surface area contributed by atoms with Gasteiger partial charge in [0, 0.05) is 19.6 Å². The Balaban J connectivity index is 2.19. The van der Waals surface area contributed by atoms with Gasteiger partial charge in [-0.2, -0.15) is 0 Å². The molecule has 6 heteroatoms.